The van der Waals surface area contributed by atoms with Crippen LogP contribution in [0.15, 0.2) is 59.7 Å². The van der Waals surface area contributed by atoms with Gasteiger partial charge in [0.05, 0.1) is 26.9 Å². The number of esters is 1. The zero-order valence-corrected chi connectivity index (χ0v) is 21.6. The predicted molar refractivity (Wildman–Crippen MR) is 144 cm³/mol. The van der Waals surface area contributed by atoms with Crippen molar-refractivity contribution in [2.75, 3.05) is 18.5 Å². The molecule has 0 aliphatic heterocycles. The van der Waals surface area contributed by atoms with Gasteiger partial charge in [0.25, 0.3) is 5.56 Å². The Morgan fingerprint density at radius 3 is 2.68 bits per heavy atom. The molecule has 37 heavy (non-hydrogen) atoms. The molecule has 0 aliphatic rings. The van der Waals surface area contributed by atoms with Gasteiger partial charge in [-0.25, -0.2) is 14.8 Å². The van der Waals surface area contributed by atoms with E-state index in [0.29, 0.717) is 32.1 Å². The molecule has 3 aromatic heterocycles. The van der Waals surface area contributed by atoms with E-state index >= 15 is 0 Å². The maximum Gasteiger partial charge on any atom is 0.348 e. The highest BCUT2D eigenvalue weighted by molar-refractivity contribution is 7.20. The van der Waals surface area contributed by atoms with E-state index in [-0.39, 0.29) is 25.7 Å². The number of para-hydroxylation sites is 1. The van der Waals surface area contributed by atoms with Gasteiger partial charge in [0.1, 0.15) is 35.2 Å². The Morgan fingerprint density at radius 1 is 1.05 bits per heavy atom. The molecule has 0 aliphatic carbocycles. The van der Waals surface area contributed by atoms with E-state index in [9.17, 15) is 14.4 Å². The Balaban J connectivity index is 1.26. The Labute approximate surface area is 219 Å². The second-order valence-corrected chi connectivity index (χ2v) is 10.4. The fraction of sp³-hybridized carbons (Fsp3) is 0.192. The van der Waals surface area contributed by atoms with Gasteiger partial charge >= 0.3 is 5.97 Å². The quantitative estimate of drug-likeness (QED) is 0.229. The van der Waals surface area contributed by atoms with Crippen LogP contribution < -0.4 is 15.6 Å². The summed E-state index contributed by atoms with van der Waals surface area (Å²) in [5.41, 5.74) is 1.58. The van der Waals surface area contributed by atoms with Gasteiger partial charge in [-0.1, -0.05) is 18.2 Å². The number of anilines is 1. The van der Waals surface area contributed by atoms with E-state index in [0.717, 1.165) is 26.6 Å². The number of fused-ring (bicyclic) bond motifs is 2. The second kappa shape index (κ2) is 10.5. The maximum absolute atomic E-state index is 13.1. The molecule has 0 unspecified atom stereocenters. The van der Waals surface area contributed by atoms with Crippen LogP contribution in [-0.2, 0) is 16.1 Å². The molecule has 11 heteroatoms. The molecule has 0 radical (unpaired) electrons. The first kappa shape index (κ1) is 24.6. The van der Waals surface area contributed by atoms with Gasteiger partial charge < -0.3 is 14.8 Å². The Hall–Kier alpha value is -4.09. The number of ether oxygens (including phenoxy) is 2. The van der Waals surface area contributed by atoms with Crippen molar-refractivity contribution in [1.29, 1.82) is 0 Å². The molecule has 1 amide bonds. The van der Waals surface area contributed by atoms with Crippen molar-refractivity contribution in [3.63, 3.8) is 0 Å². The average Bonchev–Trinajstić information content (AvgIpc) is 3.42. The number of rotatable bonds is 8. The third-order valence-electron chi connectivity index (χ3n) is 5.52. The second-order valence-electron chi connectivity index (χ2n) is 8.17. The van der Waals surface area contributed by atoms with Crippen LogP contribution in [0.25, 0.3) is 20.4 Å². The summed E-state index contributed by atoms with van der Waals surface area (Å²) in [6, 6.07) is 14.7. The third kappa shape index (κ3) is 5.37. The highest BCUT2D eigenvalue weighted by Gasteiger charge is 2.21. The molecule has 188 valence electrons. The topological polar surface area (TPSA) is 112 Å². The van der Waals surface area contributed by atoms with Gasteiger partial charge in [0.15, 0.2) is 0 Å². The summed E-state index contributed by atoms with van der Waals surface area (Å²) in [5, 5.41) is 4.06. The molecule has 5 rings (SSSR count). The lowest BCUT2D eigenvalue weighted by atomic mass is 10.2. The maximum atomic E-state index is 13.1. The minimum Gasteiger partial charge on any atom is -0.490 e. The van der Waals surface area contributed by atoms with Crippen LogP contribution in [0.5, 0.6) is 5.75 Å². The molecule has 0 saturated carbocycles. The molecule has 3 heterocycles. The molecule has 0 bridgehead atoms. The van der Waals surface area contributed by atoms with Crippen molar-refractivity contribution >= 4 is 60.7 Å². The lowest BCUT2D eigenvalue weighted by Crippen LogP contribution is -2.27. The SMILES string of the molecule is Cc1nc2ccc(NC(=O)Cn3cnc4sc(C(=O)OCCOc5ccccc5)c(C)c4c3=O)cc2s1. The van der Waals surface area contributed by atoms with Crippen LogP contribution in [0.2, 0.25) is 0 Å². The summed E-state index contributed by atoms with van der Waals surface area (Å²) in [6.07, 6.45) is 1.32. The van der Waals surface area contributed by atoms with Gasteiger partial charge in [-0.05, 0) is 49.7 Å². The highest BCUT2D eigenvalue weighted by Crippen LogP contribution is 2.28. The number of aromatic nitrogens is 3. The first-order valence-corrected chi connectivity index (χ1v) is 13.0. The van der Waals surface area contributed by atoms with E-state index in [2.05, 4.69) is 15.3 Å². The number of thiophene rings is 1. The van der Waals surface area contributed by atoms with Crippen LogP contribution in [-0.4, -0.2) is 39.6 Å². The van der Waals surface area contributed by atoms with E-state index in [4.69, 9.17) is 9.47 Å². The molecule has 0 saturated heterocycles. The fourth-order valence-electron chi connectivity index (χ4n) is 3.82. The number of hydrogen-bond acceptors (Lipinski definition) is 9. The molecule has 0 fully saturated rings. The van der Waals surface area contributed by atoms with Crippen molar-refractivity contribution in [2.45, 2.75) is 20.4 Å². The van der Waals surface area contributed by atoms with Gasteiger partial charge in [0.2, 0.25) is 5.91 Å². The predicted octanol–water partition coefficient (Wildman–Crippen LogP) is 4.56. The van der Waals surface area contributed by atoms with Crippen molar-refractivity contribution in [3.8, 4) is 5.75 Å². The summed E-state index contributed by atoms with van der Waals surface area (Å²) in [7, 11) is 0. The summed E-state index contributed by atoms with van der Waals surface area (Å²) < 4.78 is 13.1. The van der Waals surface area contributed by atoms with E-state index < -0.39 is 11.5 Å². The molecule has 0 atom stereocenters. The summed E-state index contributed by atoms with van der Waals surface area (Å²) in [4.78, 5) is 47.9. The Kier molecular flexibility index (Phi) is 6.97. The summed E-state index contributed by atoms with van der Waals surface area (Å²) >= 11 is 2.63. The van der Waals surface area contributed by atoms with Gasteiger partial charge in [-0.2, -0.15) is 0 Å². The van der Waals surface area contributed by atoms with Crippen molar-refractivity contribution in [1.82, 2.24) is 14.5 Å². The standard InChI is InChI=1S/C26H22N4O5S2/c1-15-22-24(37-23(15)26(33)35-11-10-34-18-6-4-3-5-7-18)27-14-30(25(22)32)13-21(31)29-17-8-9-19-20(12-17)36-16(2)28-19/h3-9,12,14H,10-11,13H2,1-2H3,(H,29,31). The van der Waals surface area contributed by atoms with Crippen LogP contribution in [0.3, 0.4) is 0 Å². The fourth-order valence-corrected chi connectivity index (χ4v) is 5.71. The average molecular weight is 535 g/mol. The lowest BCUT2D eigenvalue weighted by molar-refractivity contribution is -0.116. The Morgan fingerprint density at radius 2 is 1.86 bits per heavy atom. The molecule has 2 aromatic carbocycles. The number of nitrogens with zero attached hydrogens (tertiary/aromatic N) is 3. The first-order valence-electron chi connectivity index (χ1n) is 11.4. The van der Waals surface area contributed by atoms with Gasteiger partial charge in [0, 0.05) is 5.69 Å². The normalized spacial score (nSPS) is 11.1. The van der Waals surface area contributed by atoms with E-state index in [1.807, 2.05) is 49.4 Å². The van der Waals surface area contributed by atoms with Crippen molar-refractivity contribution < 1.29 is 19.1 Å². The zero-order chi connectivity index (χ0) is 25.9. The van der Waals surface area contributed by atoms with Crippen LogP contribution in [0.4, 0.5) is 5.69 Å². The molecule has 1 N–H and O–H groups in total. The number of nitrogens with one attached hydrogen (secondary N) is 1. The molecule has 5 aromatic rings. The number of carbonyl (C=O) groups is 2. The number of thiazole rings is 1. The molecule has 9 nitrogen and oxygen atoms in total. The van der Waals surface area contributed by atoms with Crippen molar-refractivity contribution in [2.24, 2.45) is 0 Å². The number of aryl methyl sites for hydroxylation is 2. The van der Waals surface area contributed by atoms with Crippen LogP contribution in [0.1, 0.15) is 20.2 Å². The van der Waals surface area contributed by atoms with Crippen molar-refractivity contribution in [3.05, 3.63) is 80.7 Å². The first-order chi connectivity index (χ1) is 17.9. The minimum atomic E-state index is -0.547. The van der Waals surface area contributed by atoms with Crippen LogP contribution in [0, 0.1) is 13.8 Å². The Bertz CT molecular complexity index is 1670. The number of amides is 1. The molecular formula is C26H22N4O5S2. The molecule has 0 spiro atoms. The van der Waals surface area contributed by atoms with Gasteiger partial charge in [-0.3, -0.25) is 14.2 Å². The number of hydrogen-bond donors (Lipinski definition) is 1. The number of carbonyl (C=O) groups excluding carboxylic acids is 2. The zero-order valence-electron chi connectivity index (χ0n) is 20.0. The monoisotopic (exact) mass is 534 g/mol. The largest absolute Gasteiger partial charge is 0.490 e. The van der Waals surface area contributed by atoms with Gasteiger partial charge in [-0.15, -0.1) is 22.7 Å². The lowest BCUT2D eigenvalue weighted by Gasteiger charge is -2.07. The molecular weight excluding hydrogens is 512 g/mol. The third-order valence-corrected chi connectivity index (χ3v) is 7.64. The highest BCUT2D eigenvalue weighted by atomic mass is 32.1. The van der Waals surface area contributed by atoms with Crippen LogP contribution >= 0.6 is 22.7 Å². The summed E-state index contributed by atoms with van der Waals surface area (Å²) in [6.45, 7) is 3.65. The smallest absolute Gasteiger partial charge is 0.348 e. The summed E-state index contributed by atoms with van der Waals surface area (Å²) in [5.74, 6) is -0.228. The van der Waals surface area contributed by atoms with E-state index in [1.54, 1.807) is 24.3 Å². The number of benzene rings is 2. The van der Waals surface area contributed by atoms with E-state index in [1.165, 1.54) is 10.9 Å². The minimum absolute atomic E-state index is 0.0616.